The van der Waals surface area contributed by atoms with Gasteiger partial charge in [-0.25, -0.2) is 0 Å². The van der Waals surface area contributed by atoms with Crippen molar-refractivity contribution in [3.63, 3.8) is 0 Å². The lowest BCUT2D eigenvalue weighted by molar-refractivity contribution is 0.724. The number of benzene rings is 4. The fourth-order valence-electron chi connectivity index (χ4n) is 8.51. The highest BCUT2D eigenvalue weighted by Gasteiger charge is 2.52. The summed E-state index contributed by atoms with van der Waals surface area (Å²) in [5, 5.41) is 0. The van der Waals surface area contributed by atoms with Crippen LogP contribution in [0, 0.1) is 0 Å². The molecule has 8 rings (SSSR count). The molecule has 0 aromatic heterocycles. The summed E-state index contributed by atoms with van der Waals surface area (Å²) in [5.74, 6) is 0. The fourth-order valence-corrected chi connectivity index (χ4v) is 8.51. The van der Waals surface area contributed by atoms with E-state index in [9.17, 15) is 0 Å². The lowest BCUT2D eigenvalue weighted by Crippen LogP contribution is -2.31. The van der Waals surface area contributed by atoms with E-state index in [2.05, 4.69) is 195 Å². The Morgan fingerprint density at radius 2 is 1.47 bits per heavy atom. The first-order valence-corrected chi connectivity index (χ1v) is 18.1. The standard InChI is InChI=1S/C50H43N/c1-4-38(39-21-14-15-22-39)34-37(3)51(43-29-12-7-13-30-43)35-46-48-45(40-23-8-5-9-24-40)32-19-33-47(48)50(42-27-16-17-28-42,41-25-10-6-11-26-41)49(46)44-31-18-20-36(44)2/h4-21,23-27,29-30,32-35,37H,1-2,22,28,31H2,3H3/b38-34+,46-35-,49-44+. The first kappa shape index (κ1) is 32.3. The molecular formula is C50H43N. The van der Waals surface area contributed by atoms with E-state index in [4.69, 9.17) is 0 Å². The smallest absolute Gasteiger partial charge is 0.0683 e. The molecule has 0 heterocycles. The van der Waals surface area contributed by atoms with Crippen molar-refractivity contribution in [2.24, 2.45) is 0 Å². The van der Waals surface area contributed by atoms with E-state index in [1.807, 2.05) is 6.08 Å². The van der Waals surface area contributed by atoms with Gasteiger partial charge in [-0.3, -0.25) is 0 Å². The number of para-hydroxylation sites is 1. The molecule has 0 saturated carbocycles. The molecule has 4 aromatic carbocycles. The zero-order chi connectivity index (χ0) is 34.8. The van der Waals surface area contributed by atoms with Crippen molar-refractivity contribution >= 4 is 11.3 Å². The van der Waals surface area contributed by atoms with Crippen LogP contribution >= 0.6 is 0 Å². The van der Waals surface area contributed by atoms with Gasteiger partial charge in [-0.1, -0.05) is 171 Å². The summed E-state index contributed by atoms with van der Waals surface area (Å²) in [6, 6.07) is 39.8. The van der Waals surface area contributed by atoms with Crippen molar-refractivity contribution in [2.75, 3.05) is 4.90 Å². The zero-order valence-corrected chi connectivity index (χ0v) is 29.3. The van der Waals surface area contributed by atoms with Gasteiger partial charge in [0.25, 0.3) is 0 Å². The molecule has 1 heteroatoms. The van der Waals surface area contributed by atoms with Crippen molar-refractivity contribution in [1.29, 1.82) is 0 Å². The van der Waals surface area contributed by atoms with E-state index in [0.717, 1.165) is 30.5 Å². The first-order valence-electron chi connectivity index (χ1n) is 18.1. The van der Waals surface area contributed by atoms with Gasteiger partial charge in [0.15, 0.2) is 0 Å². The molecule has 2 unspecified atom stereocenters. The Morgan fingerprint density at radius 3 is 2.12 bits per heavy atom. The fraction of sp³-hybridized carbons (Fsp3) is 0.120. The van der Waals surface area contributed by atoms with Gasteiger partial charge in [-0.2, -0.15) is 0 Å². The molecule has 0 spiro atoms. The van der Waals surface area contributed by atoms with Crippen LogP contribution in [-0.4, -0.2) is 6.04 Å². The second-order valence-electron chi connectivity index (χ2n) is 13.7. The van der Waals surface area contributed by atoms with Crippen LogP contribution in [0.3, 0.4) is 0 Å². The maximum atomic E-state index is 4.66. The van der Waals surface area contributed by atoms with Gasteiger partial charge in [-0.15, -0.1) is 0 Å². The lowest BCUT2D eigenvalue weighted by atomic mass is 9.65. The van der Waals surface area contributed by atoms with E-state index in [0.29, 0.717) is 0 Å². The van der Waals surface area contributed by atoms with Crippen LogP contribution in [0.2, 0.25) is 0 Å². The summed E-state index contributed by atoms with van der Waals surface area (Å²) < 4.78 is 0. The quantitative estimate of drug-likeness (QED) is 0.162. The molecule has 1 nitrogen and oxygen atoms in total. The molecule has 0 aliphatic heterocycles. The summed E-state index contributed by atoms with van der Waals surface area (Å²) in [6.45, 7) is 11.2. The van der Waals surface area contributed by atoms with Crippen LogP contribution < -0.4 is 4.90 Å². The van der Waals surface area contributed by atoms with E-state index in [-0.39, 0.29) is 6.04 Å². The van der Waals surface area contributed by atoms with Gasteiger partial charge in [0.05, 0.1) is 5.41 Å². The third-order valence-electron chi connectivity index (χ3n) is 10.8. The minimum absolute atomic E-state index is 0.0250. The van der Waals surface area contributed by atoms with Crippen molar-refractivity contribution in [3.05, 3.63) is 239 Å². The number of hydrogen-bond acceptors (Lipinski definition) is 1. The molecule has 248 valence electrons. The van der Waals surface area contributed by atoms with Crippen molar-refractivity contribution < 1.29 is 0 Å². The topological polar surface area (TPSA) is 3.24 Å². The zero-order valence-electron chi connectivity index (χ0n) is 29.3. The largest absolute Gasteiger partial charge is 0.341 e. The first-order chi connectivity index (χ1) is 25.1. The minimum Gasteiger partial charge on any atom is -0.341 e. The molecule has 0 fully saturated rings. The maximum Gasteiger partial charge on any atom is 0.0683 e. The second kappa shape index (κ2) is 13.8. The molecule has 0 radical (unpaired) electrons. The van der Waals surface area contributed by atoms with Crippen molar-refractivity contribution in [1.82, 2.24) is 0 Å². The van der Waals surface area contributed by atoms with E-state index in [1.54, 1.807) is 0 Å². The van der Waals surface area contributed by atoms with Gasteiger partial charge < -0.3 is 4.90 Å². The summed E-state index contributed by atoms with van der Waals surface area (Å²) in [7, 11) is 0. The van der Waals surface area contributed by atoms with E-state index in [1.165, 1.54) is 61.3 Å². The van der Waals surface area contributed by atoms with Crippen LogP contribution in [0.1, 0.15) is 42.9 Å². The Kier molecular flexibility index (Phi) is 8.72. The summed E-state index contributed by atoms with van der Waals surface area (Å²) >= 11 is 0. The molecule has 51 heavy (non-hydrogen) atoms. The Balaban J connectivity index is 1.48. The number of allylic oxidation sites excluding steroid dienone is 16. The molecule has 4 aliphatic carbocycles. The van der Waals surface area contributed by atoms with Gasteiger partial charge in [0.1, 0.15) is 0 Å². The molecule has 0 amide bonds. The molecule has 0 bridgehead atoms. The highest BCUT2D eigenvalue weighted by Crippen LogP contribution is 2.62. The van der Waals surface area contributed by atoms with Crippen LogP contribution in [0.15, 0.2) is 223 Å². The van der Waals surface area contributed by atoms with Gasteiger partial charge in [-0.05, 0) is 99.6 Å². The Labute approximate surface area is 303 Å². The summed E-state index contributed by atoms with van der Waals surface area (Å²) in [6.07, 6.45) is 27.4. The summed E-state index contributed by atoms with van der Waals surface area (Å²) in [4.78, 5) is 2.46. The van der Waals surface area contributed by atoms with Gasteiger partial charge in [0, 0.05) is 23.5 Å². The van der Waals surface area contributed by atoms with Crippen LogP contribution in [-0.2, 0) is 5.41 Å². The maximum absolute atomic E-state index is 4.66. The van der Waals surface area contributed by atoms with Crippen molar-refractivity contribution in [2.45, 2.75) is 37.6 Å². The third-order valence-corrected chi connectivity index (χ3v) is 10.8. The third kappa shape index (κ3) is 5.60. The van der Waals surface area contributed by atoms with E-state index < -0.39 is 5.41 Å². The average molecular weight is 658 g/mol. The number of nitrogens with zero attached hydrogens (tertiary/aromatic N) is 1. The average Bonchev–Trinajstić information content (AvgIpc) is 4.02. The lowest BCUT2D eigenvalue weighted by Gasteiger charge is -2.37. The highest BCUT2D eigenvalue weighted by atomic mass is 15.1. The number of fused-ring (bicyclic) bond motifs is 1. The Hall–Kier alpha value is -5.92. The Bertz CT molecular complexity index is 2250. The monoisotopic (exact) mass is 657 g/mol. The SMILES string of the molecule is C=C/C(=C\C(C)N(/C=C1\C(=C2\CC=CC2=C)C(C2=CC=CC2)(c2ccccc2)c2cccc(-c3ccccc3)c21)c1ccccc1)C1=CC=CC1. The molecule has 4 aromatic rings. The predicted molar refractivity (Wildman–Crippen MR) is 217 cm³/mol. The Morgan fingerprint density at radius 1 is 0.765 bits per heavy atom. The van der Waals surface area contributed by atoms with Gasteiger partial charge in [0.2, 0.25) is 0 Å². The highest BCUT2D eigenvalue weighted by molar-refractivity contribution is 6.01. The van der Waals surface area contributed by atoms with E-state index >= 15 is 0 Å². The van der Waals surface area contributed by atoms with Crippen LogP contribution in [0.25, 0.3) is 16.7 Å². The van der Waals surface area contributed by atoms with Crippen LogP contribution in [0.4, 0.5) is 5.69 Å². The molecular weight excluding hydrogens is 615 g/mol. The normalized spacial score (nSPS) is 22.0. The number of hydrogen-bond donors (Lipinski definition) is 0. The number of rotatable bonds is 9. The van der Waals surface area contributed by atoms with Gasteiger partial charge >= 0.3 is 0 Å². The minimum atomic E-state index is -0.505. The number of anilines is 1. The summed E-state index contributed by atoms with van der Waals surface area (Å²) in [5.41, 5.74) is 15.8. The molecule has 2 atom stereocenters. The van der Waals surface area contributed by atoms with Crippen LogP contribution in [0.5, 0.6) is 0 Å². The second-order valence-corrected chi connectivity index (χ2v) is 13.7. The predicted octanol–water partition coefficient (Wildman–Crippen LogP) is 12.6. The van der Waals surface area contributed by atoms with Crippen molar-refractivity contribution in [3.8, 4) is 11.1 Å². The molecule has 0 N–H and O–H groups in total. The molecule has 4 aliphatic rings. The molecule has 0 saturated heterocycles.